The number of halogens is 3. The van der Waals surface area contributed by atoms with Crippen LogP contribution in [0.3, 0.4) is 0 Å². The van der Waals surface area contributed by atoms with Gasteiger partial charge in [-0.15, -0.1) is 11.3 Å². The molecule has 22 heavy (non-hydrogen) atoms. The highest BCUT2D eigenvalue weighted by molar-refractivity contribution is 7.10. The summed E-state index contributed by atoms with van der Waals surface area (Å²) in [5.74, 6) is -1.36. The van der Waals surface area contributed by atoms with Crippen LogP contribution in [-0.4, -0.2) is 28.8 Å². The Kier molecular flexibility index (Phi) is 5.44. The van der Waals surface area contributed by atoms with Gasteiger partial charge < -0.3 is 15.2 Å². The van der Waals surface area contributed by atoms with Gasteiger partial charge in [0.1, 0.15) is 16.5 Å². The van der Waals surface area contributed by atoms with Crippen molar-refractivity contribution in [3.05, 3.63) is 21.9 Å². The molecule has 0 bridgehead atoms. The molecule has 0 aliphatic rings. The Morgan fingerprint density at radius 2 is 1.95 bits per heavy atom. The maximum absolute atomic E-state index is 12.5. The summed E-state index contributed by atoms with van der Waals surface area (Å²) in [4.78, 5) is 21.9. The first-order valence-electron chi connectivity index (χ1n) is 6.25. The summed E-state index contributed by atoms with van der Waals surface area (Å²) in [5, 5.41) is 12.4. The molecule has 0 fully saturated rings. The number of hydrogen-bond acceptors (Lipinski definition) is 4. The van der Waals surface area contributed by atoms with Crippen molar-refractivity contribution in [2.75, 3.05) is 0 Å². The number of aliphatic carboxylic acids is 1. The van der Waals surface area contributed by atoms with Crippen molar-refractivity contribution in [1.82, 2.24) is 5.32 Å². The zero-order chi connectivity index (χ0) is 17.1. The fourth-order valence-electron chi connectivity index (χ4n) is 1.52. The van der Waals surface area contributed by atoms with Crippen molar-refractivity contribution in [3.63, 3.8) is 0 Å². The topological polar surface area (TPSA) is 75.6 Å². The Morgan fingerprint density at radius 1 is 1.36 bits per heavy atom. The minimum absolute atomic E-state index is 0.181. The Balaban J connectivity index is 2.75. The summed E-state index contributed by atoms with van der Waals surface area (Å²) in [6.45, 7) is 4.82. The second-order valence-corrected chi connectivity index (χ2v) is 6.47. The first-order chi connectivity index (χ1) is 9.88. The number of thiophene rings is 1. The summed E-state index contributed by atoms with van der Waals surface area (Å²) in [6.07, 6.45) is -5.67. The normalized spacial score (nSPS) is 13.5. The lowest BCUT2D eigenvalue weighted by Crippen LogP contribution is -2.44. The van der Waals surface area contributed by atoms with Crippen molar-refractivity contribution in [2.24, 2.45) is 0 Å². The average molecular weight is 339 g/mol. The molecule has 1 heterocycles. The van der Waals surface area contributed by atoms with E-state index in [4.69, 9.17) is 9.84 Å². The second kappa shape index (κ2) is 6.55. The molecule has 0 saturated heterocycles. The van der Waals surface area contributed by atoms with Gasteiger partial charge in [-0.25, -0.2) is 9.59 Å². The van der Waals surface area contributed by atoms with Crippen LogP contribution in [0.5, 0.6) is 0 Å². The van der Waals surface area contributed by atoms with E-state index in [9.17, 15) is 22.8 Å². The highest BCUT2D eigenvalue weighted by atomic mass is 32.1. The molecule has 2 N–H and O–H groups in total. The number of nitrogens with one attached hydrogen (secondary N) is 1. The van der Waals surface area contributed by atoms with Crippen LogP contribution in [0.25, 0.3) is 0 Å². The van der Waals surface area contributed by atoms with Gasteiger partial charge in [0.15, 0.2) is 0 Å². The lowest BCUT2D eigenvalue weighted by molar-refractivity contribution is -0.139. The molecule has 1 aromatic heterocycles. The third kappa shape index (κ3) is 5.92. The first-order valence-corrected chi connectivity index (χ1v) is 7.13. The molecule has 5 nitrogen and oxygen atoms in total. The van der Waals surface area contributed by atoms with Crippen molar-refractivity contribution in [3.8, 4) is 0 Å². The number of carboxylic acid groups (broad SMARTS) is 1. The monoisotopic (exact) mass is 339 g/mol. The summed E-state index contributed by atoms with van der Waals surface area (Å²) in [7, 11) is 0. The van der Waals surface area contributed by atoms with Crippen LogP contribution in [0.2, 0.25) is 0 Å². The summed E-state index contributed by atoms with van der Waals surface area (Å²) < 4.78 is 42.4. The lowest BCUT2D eigenvalue weighted by atomic mass is 10.1. The molecular weight excluding hydrogens is 323 g/mol. The summed E-state index contributed by atoms with van der Waals surface area (Å²) in [5.41, 5.74) is -0.625. The Labute approximate surface area is 129 Å². The van der Waals surface area contributed by atoms with Crippen LogP contribution in [0.1, 0.15) is 31.2 Å². The summed E-state index contributed by atoms with van der Waals surface area (Å²) in [6, 6.07) is -0.497. The minimum Gasteiger partial charge on any atom is -0.480 e. The third-order valence-electron chi connectivity index (χ3n) is 2.36. The van der Waals surface area contributed by atoms with E-state index in [0.717, 1.165) is 6.07 Å². The van der Waals surface area contributed by atoms with Gasteiger partial charge in [0, 0.05) is 6.42 Å². The number of carbonyl (C=O) groups is 2. The molecule has 0 aromatic carbocycles. The molecular formula is C13H16F3NO4S. The number of ether oxygens (including phenoxy) is 1. The lowest BCUT2D eigenvalue weighted by Gasteiger charge is -2.21. The van der Waals surface area contributed by atoms with Crippen LogP contribution in [0, 0.1) is 0 Å². The number of carboxylic acids is 1. The molecule has 0 aliphatic heterocycles. The van der Waals surface area contributed by atoms with Crippen LogP contribution in [0.15, 0.2) is 11.4 Å². The molecule has 1 amide bonds. The summed E-state index contributed by atoms with van der Waals surface area (Å²) >= 11 is 0.477. The van der Waals surface area contributed by atoms with Gasteiger partial charge in [0.2, 0.25) is 0 Å². The molecule has 0 aliphatic carbocycles. The molecule has 0 saturated carbocycles. The number of hydrogen-bond donors (Lipinski definition) is 2. The largest absolute Gasteiger partial charge is 0.480 e. The molecule has 0 spiro atoms. The zero-order valence-corrected chi connectivity index (χ0v) is 13.0. The van der Waals surface area contributed by atoms with Gasteiger partial charge in [-0.05, 0) is 37.8 Å². The number of alkyl carbamates (subject to hydrolysis) is 1. The number of amides is 1. The maximum atomic E-state index is 12.5. The molecule has 1 aromatic rings. The van der Waals surface area contributed by atoms with E-state index in [1.807, 2.05) is 0 Å². The van der Waals surface area contributed by atoms with Crippen molar-refractivity contribution in [1.29, 1.82) is 0 Å². The highest BCUT2D eigenvalue weighted by Gasteiger charge is 2.33. The molecule has 9 heteroatoms. The molecule has 1 unspecified atom stereocenters. The van der Waals surface area contributed by atoms with E-state index in [2.05, 4.69) is 5.32 Å². The fraction of sp³-hybridized carbons (Fsp3) is 0.538. The maximum Gasteiger partial charge on any atom is 0.425 e. The Bertz CT molecular complexity index is 548. The molecule has 1 atom stereocenters. The Hall–Kier alpha value is -1.77. The van der Waals surface area contributed by atoms with Crippen LogP contribution < -0.4 is 5.32 Å². The highest BCUT2D eigenvalue weighted by Crippen LogP contribution is 2.34. The SMILES string of the molecule is CC(C)(C)OC(=O)NC(Cc1csc(C(F)(F)F)c1)C(=O)O. The quantitative estimate of drug-likeness (QED) is 0.883. The van der Waals surface area contributed by atoms with E-state index in [0.29, 0.717) is 11.3 Å². The second-order valence-electron chi connectivity index (χ2n) is 5.56. The number of rotatable bonds is 4. The predicted molar refractivity (Wildman–Crippen MR) is 73.8 cm³/mol. The minimum atomic E-state index is -4.47. The first kappa shape index (κ1) is 18.3. The molecule has 124 valence electrons. The predicted octanol–water partition coefficient (Wildman–Crippen LogP) is 3.29. The van der Waals surface area contributed by atoms with Gasteiger partial charge in [-0.2, -0.15) is 13.2 Å². The van der Waals surface area contributed by atoms with Gasteiger partial charge in [0.25, 0.3) is 0 Å². The Morgan fingerprint density at radius 3 is 2.36 bits per heavy atom. The average Bonchev–Trinajstić information content (AvgIpc) is 2.73. The van der Waals surface area contributed by atoms with E-state index in [1.54, 1.807) is 20.8 Å². The van der Waals surface area contributed by atoms with E-state index < -0.39 is 34.8 Å². The number of carbonyl (C=O) groups excluding carboxylic acids is 1. The smallest absolute Gasteiger partial charge is 0.425 e. The van der Waals surface area contributed by atoms with Crippen molar-refractivity contribution in [2.45, 2.75) is 45.0 Å². The zero-order valence-electron chi connectivity index (χ0n) is 12.2. The molecule has 1 rings (SSSR count). The number of alkyl halides is 3. The van der Waals surface area contributed by atoms with Crippen LogP contribution >= 0.6 is 11.3 Å². The van der Waals surface area contributed by atoms with Crippen LogP contribution in [-0.2, 0) is 22.1 Å². The van der Waals surface area contributed by atoms with E-state index in [1.165, 1.54) is 5.38 Å². The van der Waals surface area contributed by atoms with Gasteiger partial charge in [0.05, 0.1) is 0 Å². The van der Waals surface area contributed by atoms with Gasteiger partial charge >= 0.3 is 18.2 Å². The van der Waals surface area contributed by atoms with Crippen molar-refractivity contribution >= 4 is 23.4 Å². The van der Waals surface area contributed by atoms with E-state index >= 15 is 0 Å². The fourth-order valence-corrected chi connectivity index (χ4v) is 2.31. The van der Waals surface area contributed by atoms with Gasteiger partial charge in [-0.1, -0.05) is 0 Å². The van der Waals surface area contributed by atoms with E-state index in [-0.39, 0.29) is 12.0 Å². The van der Waals surface area contributed by atoms with Crippen molar-refractivity contribution < 1.29 is 32.6 Å². The van der Waals surface area contributed by atoms with Gasteiger partial charge in [-0.3, -0.25) is 0 Å². The standard InChI is InChI=1S/C13H16F3NO4S/c1-12(2,3)21-11(20)17-8(10(18)19)4-7-5-9(22-6-7)13(14,15)16/h5-6,8H,4H2,1-3H3,(H,17,20)(H,18,19). The third-order valence-corrected chi connectivity index (χ3v) is 3.39. The van der Waals surface area contributed by atoms with Crippen LogP contribution in [0.4, 0.5) is 18.0 Å². The molecule has 0 radical (unpaired) electrons.